The molecule has 6 rings (SSSR count). The lowest BCUT2D eigenvalue weighted by atomic mass is 10.1. The first kappa shape index (κ1) is 52.1. The summed E-state index contributed by atoms with van der Waals surface area (Å²) >= 11 is 0.773. The van der Waals surface area contributed by atoms with E-state index in [2.05, 4.69) is 71.2 Å². The van der Waals surface area contributed by atoms with Gasteiger partial charge < -0.3 is 31.9 Å². The first-order chi connectivity index (χ1) is 33.1. The number of nitrogens with one attached hydrogen (secondary N) is 6. The largest absolute Gasteiger partial charge is 0.353 e. The molecule has 0 saturated carbocycles. The summed E-state index contributed by atoms with van der Waals surface area (Å²) in [6.07, 6.45) is 2.35. The molecule has 26 nitrogen and oxygen atoms in total. The standard InChI is InChI=1S/C40H40N12O14S4/c1-23(53)25-5-11-29(12-6-25)43-37-47-35(41-17-19-67-66-65-55)48-39(51-37)45-31-15-9-27(33(21-31)69(59,60)61)3-4-28-10-16-32(22-34(28)70(62,63)64)46-40-50-36(42-18-20-68(56,57)58)49-38(52-40)44-30-13-7-26(8-14-30)24(2)54/h3-16,21-22,55H,17-20H2,1-2H3,(H,56,57,58)(H,59,60,61)(H,62,63,64)(H3,41,43,45,47,48,51)(H3,42,44,46,49,50,52)/b4-3+. The number of carbonyl (C=O) groups is 2. The molecule has 0 aliphatic carbocycles. The Labute approximate surface area is 403 Å². The molecule has 368 valence electrons. The molecule has 70 heavy (non-hydrogen) atoms. The maximum atomic E-state index is 12.7. The highest BCUT2D eigenvalue weighted by Crippen LogP contribution is 2.29. The van der Waals surface area contributed by atoms with Gasteiger partial charge in [0.2, 0.25) is 35.7 Å². The fraction of sp³-hybridized carbons (Fsp3) is 0.150. The predicted molar refractivity (Wildman–Crippen MR) is 258 cm³/mol. The summed E-state index contributed by atoms with van der Waals surface area (Å²) in [7, 11) is -14.3. The van der Waals surface area contributed by atoms with Crippen molar-refractivity contribution in [3.8, 4) is 0 Å². The van der Waals surface area contributed by atoms with E-state index in [-0.39, 0.29) is 88.6 Å². The second kappa shape index (κ2) is 22.9. The normalized spacial score (nSPS) is 11.8. The second-order valence-corrected chi connectivity index (χ2v) is 19.4. The number of ketones is 2. The molecule has 2 heterocycles. The van der Waals surface area contributed by atoms with Crippen LogP contribution in [0.5, 0.6) is 0 Å². The minimum atomic E-state index is -4.99. The van der Waals surface area contributed by atoms with Gasteiger partial charge in [0, 0.05) is 64.8 Å². The lowest BCUT2D eigenvalue weighted by Crippen LogP contribution is -2.17. The van der Waals surface area contributed by atoms with E-state index in [1.807, 2.05) is 0 Å². The van der Waals surface area contributed by atoms with E-state index in [0.717, 1.165) is 24.2 Å². The Balaban J connectivity index is 1.26. The van der Waals surface area contributed by atoms with Gasteiger partial charge >= 0.3 is 0 Å². The van der Waals surface area contributed by atoms with Gasteiger partial charge in [-0.05, 0) is 97.8 Å². The third kappa shape index (κ3) is 15.6. The molecule has 0 atom stereocenters. The Kier molecular flexibility index (Phi) is 17.0. The molecule has 0 aliphatic heterocycles. The number of benzene rings is 4. The van der Waals surface area contributed by atoms with E-state index < -0.39 is 45.9 Å². The van der Waals surface area contributed by atoms with E-state index >= 15 is 0 Å². The van der Waals surface area contributed by atoms with Crippen molar-refractivity contribution in [3.63, 3.8) is 0 Å². The molecule has 0 bridgehead atoms. The number of hydrogen-bond acceptors (Lipinski definition) is 24. The molecule has 0 unspecified atom stereocenters. The van der Waals surface area contributed by atoms with Gasteiger partial charge in [-0.1, -0.05) is 29.3 Å². The lowest BCUT2D eigenvalue weighted by Gasteiger charge is -2.13. The van der Waals surface area contributed by atoms with Gasteiger partial charge in [-0.15, -0.1) is 4.33 Å². The first-order valence-electron chi connectivity index (χ1n) is 19.9. The van der Waals surface area contributed by atoms with Gasteiger partial charge in [-0.2, -0.15) is 55.2 Å². The molecule has 0 saturated heterocycles. The van der Waals surface area contributed by atoms with E-state index in [4.69, 9.17) is 5.26 Å². The number of nitrogens with zero attached hydrogens (tertiary/aromatic N) is 6. The molecule has 0 fully saturated rings. The van der Waals surface area contributed by atoms with Crippen LogP contribution in [0, 0.1) is 0 Å². The van der Waals surface area contributed by atoms with Crippen LogP contribution in [0.1, 0.15) is 45.7 Å². The van der Waals surface area contributed by atoms with Crippen LogP contribution in [0.3, 0.4) is 0 Å². The zero-order chi connectivity index (χ0) is 50.6. The maximum Gasteiger partial charge on any atom is 0.295 e. The summed E-state index contributed by atoms with van der Waals surface area (Å²) in [6.45, 7) is 2.71. The van der Waals surface area contributed by atoms with Crippen LogP contribution in [0.4, 0.5) is 58.4 Å². The summed E-state index contributed by atoms with van der Waals surface area (Å²) in [4.78, 5) is 47.8. The van der Waals surface area contributed by atoms with E-state index in [1.165, 1.54) is 50.3 Å². The quantitative estimate of drug-likeness (QED) is 0.00643. The number of hydrogen-bond donors (Lipinski definition) is 10. The number of aromatic nitrogens is 6. The van der Waals surface area contributed by atoms with Crippen molar-refractivity contribution in [2.75, 3.05) is 56.5 Å². The molecule has 0 amide bonds. The SMILES string of the molecule is CC(=O)c1ccc(Nc2nc(NCCSOOO)nc(Nc3ccc(/C=C/c4ccc(Nc5nc(NCCS(=O)(=O)O)nc(Nc6ccc(C(C)=O)cc6)n5)cc4S(=O)(=O)O)c(S(=O)(=O)O)c3)n2)cc1. The van der Waals surface area contributed by atoms with Gasteiger partial charge in [0.15, 0.2) is 11.6 Å². The average Bonchev–Trinajstić information content (AvgIpc) is 3.28. The third-order valence-electron chi connectivity index (χ3n) is 9.09. The summed E-state index contributed by atoms with van der Waals surface area (Å²) in [6, 6.07) is 20.1. The van der Waals surface area contributed by atoms with E-state index in [0.29, 0.717) is 22.5 Å². The highest BCUT2D eigenvalue weighted by molar-refractivity contribution is 7.94. The molecular formula is C40H40N12O14S4. The Hall–Kier alpha value is -7.26. The highest BCUT2D eigenvalue weighted by Gasteiger charge is 2.20. The smallest absolute Gasteiger partial charge is 0.295 e. The van der Waals surface area contributed by atoms with Crippen LogP contribution in [-0.2, 0) is 39.7 Å². The molecule has 4 aromatic carbocycles. The van der Waals surface area contributed by atoms with E-state index in [9.17, 15) is 48.5 Å². The number of carbonyl (C=O) groups excluding carboxylic acids is 2. The van der Waals surface area contributed by atoms with Crippen molar-refractivity contribution in [2.24, 2.45) is 0 Å². The van der Waals surface area contributed by atoms with E-state index in [1.54, 1.807) is 48.5 Å². The fourth-order valence-electron chi connectivity index (χ4n) is 5.90. The Morgan fingerprint density at radius 1 is 0.543 bits per heavy atom. The van der Waals surface area contributed by atoms with Crippen molar-refractivity contribution >= 4 is 125 Å². The molecule has 0 aliphatic rings. The summed E-state index contributed by atoms with van der Waals surface area (Å²) in [5.74, 6) is -1.27. The predicted octanol–water partition coefficient (Wildman–Crippen LogP) is 5.88. The van der Waals surface area contributed by atoms with Crippen LogP contribution in [0.2, 0.25) is 0 Å². The van der Waals surface area contributed by atoms with Gasteiger partial charge in [0.25, 0.3) is 30.4 Å². The van der Waals surface area contributed by atoms with Crippen molar-refractivity contribution in [2.45, 2.75) is 23.6 Å². The Morgan fingerprint density at radius 2 is 0.900 bits per heavy atom. The summed E-state index contributed by atoms with van der Waals surface area (Å²) in [5.41, 5.74) is 1.68. The molecule has 0 spiro atoms. The Bertz CT molecular complexity index is 3260. The second-order valence-electron chi connectivity index (χ2n) is 14.3. The maximum absolute atomic E-state index is 12.7. The van der Waals surface area contributed by atoms with Crippen LogP contribution in [0.15, 0.2) is 94.7 Å². The summed E-state index contributed by atoms with van der Waals surface area (Å²) in [5, 5.41) is 29.1. The molecule has 10 N–H and O–H groups in total. The van der Waals surface area contributed by atoms with Crippen molar-refractivity contribution in [3.05, 3.63) is 107 Å². The van der Waals surface area contributed by atoms with Gasteiger partial charge in [-0.3, -0.25) is 23.2 Å². The number of anilines is 10. The van der Waals surface area contributed by atoms with Gasteiger partial charge in [-0.25, -0.2) is 5.26 Å². The van der Waals surface area contributed by atoms with Crippen LogP contribution in [0.25, 0.3) is 12.2 Å². The van der Waals surface area contributed by atoms with Crippen molar-refractivity contribution in [1.82, 2.24) is 29.9 Å². The first-order valence-corrected chi connectivity index (χ1v) is 25.3. The number of Topliss-reactive ketones (excluding diaryl/α,β-unsaturated/α-hetero) is 2. The fourth-order valence-corrected chi connectivity index (χ4v) is 7.98. The van der Waals surface area contributed by atoms with Crippen LogP contribution in [-0.4, -0.2) is 110 Å². The molecule has 30 heteroatoms. The number of rotatable bonds is 24. The highest BCUT2D eigenvalue weighted by atomic mass is 32.2. The molecule has 2 aromatic heterocycles. The van der Waals surface area contributed by atoms with Gasteiger partial charge in [0.05, 0.1) is 5.75 Å². The minimum absolute atomic E-state index is 0.0100. The van der Waals surface area contributed by atoms with Gasteiger partial charge in [0.1, 0.15) is 9.79 Å². The molecule has 6 aromatic rings. The van der Waals surface area contributed by atoms with Crippen molar-refractivity contribution < 1.29 is 63.1 Å². The topological polar surface area (TPSA) is 385 Å². The molecular weight excluding hydrogens is 1000 g/mol. The summed E-state index contributed by atoms with van der Waals surface area (Å²) < 4.78 is 108. The third-order valence-corrected chi connectivity index (χ3v) is 12.2. The molecule has 0 radical (unpaired) electrons. The lowest BCUT2D eigenvalue weighted by molar-refractivity contribution is -0.432. The Morgan fingerprint density at radius 3 is 1.26 bits per heavy atom. The monoisotopic (exact) mass is 1040 g/mol. The van der Waals surface area contributed by atoms with Crippen LogP contribution < -0.4 is 31.9 Å². The van der Waals surface area contributed by atoms with Crippen molar-refractivity contribution in [1.29, 1.82) is 0 Å². The minimum Gasteiger partial charge on any atom is -0.353 e. The zero-order valence-electron chi connectivity index (χ0n) is 36.3. The zero-order valence-corrected chi connectivity index (χ0v) is 39.5. The average molecular weight is 1040 g/mol. The van der Waals surface area contributed by atoms with Crippen LogP contribution >= 0.6 is 12.0 Å².